The van der Waals surface area contributed by atoms with Crippen LogP contribution >= 0.6 is 23.1 Å². The Labute approximate surface area is 221 Å². The number of thiophene rings is 1. The minimum atomic E-state index is -3.64. The number of aromatic amines is 1. The van der Waals surface area contributed by atoms with Crippen LogP contribution in [0.1, 0.15) is 12.6 Å². The summed E-state index contributed by atoms with van der Waals surface area (Å²) in [4.78, 5) is 12.6. The first-order valence-corrected chi connectivity index (χ1v) is 15.9. The maximum atomic E-state index is 13.1. The van der Waals surface area contributed by atoms with Gasteiger partial charge >= 0.3 is 0 Å². The molecule has 13 heteroatoms. The van der Waals surface area contributed by atoms with Gasteiger partial charge in [0.25, 0.3) is 10.0 Å². The molecule has 4 heterocycles. The average Bonchev–Trinajstić information content (AvgIpc) is 3.59. The number of fused-ring (bicyclic) bond motifs is 1. The molecule has 3 aromatic rings. The zero-order valence-corrected chi connectivity index (χ0v) is 23.3. The SMILES string of the molecule is CN(c1cccc2cc(C3=NCC(C)(CN4CCN(CS(=O)[O-])CC4)S3)[nH]c12)S(=O)(=O)c1cccs1. The van der Waals surface area contributed by atoms with Gasteiger partial charge in [0.05, 0.1) is 34.1 Å². The van der Waals surface area contributed by atoms with Crippen molar-refractivity contribution in [3.63, 3.8) is 0 Å². The summed E-state index contributed by atoms with van der Waals surface area (Å²) in [6.45, 7) is 6.93. The lowest BCUT2D eigenvalue weighted by Crippen LogP contribution is -2.51. The van der Waals surface area contributed by atoms with Crippen LogP contribution in [0.2, 0.25) is 0 Å². The zero-order chi connectivity index (χ0) is 25.5. The average molecular weight is 567 g/mol. The fourth-order valence-corrected chi connectivity index (χ4v) is 8.77. The van der Waals surface area contributed by atoms with Crippen LogP contribution in [0.5, 0.6) is 0 Å². The van der Waals surface area contributed by atoms with Crippen LogP contribution in [0.4, 0.5) is 5.69 Å². The van der Waals surface area contributed by atoms with Crippen LogP contribution in [-0.2, 0) is 21.1 Å². The number of sulfonamides is 1. The van der Waals surface area contributed by atoms with Crippen LogP contribution in [0.15, 0.2) is 51.0 Å². The van der Waals surface area contributed by atoms with E-state index in [1.807, 2.05) is 29.2 Å². The Morgan fingerprint density at radius 2 is 1.94 bits per heavy atom. The Bertz CT molecular complexity index is 1400. The fraction of sp³-hybridized carbons (Fsp3) is 0.435. The number of aromatic nitrogens is 1. The molecule has 36 heavy (non-hydrogen) atoms. The first-order valence-electron chi connectivity index (χ1n) is 11.5. The third-order valence-corrected chi connectivity index (χ3v) is 11.5. The molecule has 9 nitrogen and oxygen atoms in total. The van der Waals surface area contributed by atoms with Crippen molar-refractivity contribution >= 4 is 65.8 Å². The van der Waals surface area contributed by atoms with Crippen molar-refractivity contribution in [3.8, 4) is 0 Å². The maximum absolute atomic E-state index is 13.1. The molecule has 1 N–H and O–H groups in total. The largest absolute Gasteiger partial charge is 0.771 e. The molecule has 2 atom stereocenters. The van der Waals surface area contributed by atoms with E-state index < -0.39 is 21.1 Å². The molecule has 2 aliphatic heterocycles. The van der Waals surface area contributed by atoms with Crippen molar-refractivity contribution in [1.29, 1.82) is 0 Å². The summed E-state index contributed by atoms with van der Waals surface area (Å²) in [5.41, 5.74) is 2.24. The molecule has 0 spiro atoms. The first kappa shape index (κ1) is 25.9. The van der Waals surface area contributed by atoms with Crippen molar-refractivity contribution in [2.75, 3.05) is 56.5 Å². The van der Waals surface area contributed by atoms with E-state index >= 15 is 0 Å². The third kappa shape index (κ3) is 5.28. The maximum Gasteiger partial charge on any atom is 0.273 e. The summed E-state index contributed by atoms with van der Waals surface area (Å²) in [6.07, 6.45) is 0. The van der Waals surface area contributed by atoms with Gasteiger partial charge in [-0.15, -0.1) is 11.3 Å². The number of thioether (sulfide) groups is 1. The molecule has 2 unspecified atom stereocenters. The normalized spacial score (nSPS) is 22.7. The van der Waals surface area contributed by atoms with Gasteiger partial charge in [0, 0.05) is 45.2 Å². The second-order valence-electron chi connectivity index (χ2n) is 9.33. The van der Waals surface area contributed by atoms with Crippen LogP contribution in [0, 0.1) is 0 Å². The van der Waals surface area contributed by atoms with Crippen molar-refractivity contribution in [1.82, 2.24) is 14.8 Å². The number of nitrogens with zero attached hydrogens (tertiary/aromatic N) is 4. The molecule has 0 aliphatic carbocycles. The van der Waals surface area contributed by atoms with Gasteiger partial charge in [0.1, 0.15) is 9.25 Å². The Morgan fingerprint density at radius 3 is 2.64 bits per heavy atom. The number of aliphatic imine (C=N–C) groups is 1. The summed E-state index contributed by atoms with van der Waals surface area (Å²) in [5.74, 6) is 0.0965. The van der Waals surface area contributed by atoms with E-state index in [4.69, 9.17) is 4.99 Å². The Hall–Kier alpha value is -1.74. The number of H-pyrrole nitrogens is 1. The lowest BCUT2D eigenvalue weighted by atomic mass is 10.1. The standard InChI is InChI=1S/C23H29N5O4S4/c1-23(15-27-8-10-28(11-9-27)16-35(29)30)14-24-22(34-23)18-13-17-5-3-6-19(21(17)25-18)26(2)36(31,32)20-7-4-12-33-20/h3-7,12-13,25H,8-11,14-16H2,1-2H3,(H,29,30)/p-1. The lowest BCUT2D eigenvalue weighted by molar-refractivity contribution is 0.139. The number of benzene rings is 1. The lowest BCUT2D eigenvalue weighted by Gasteiger charge is -2.38. The third-order valence-electron chi connectivity index (χ3n) is 6.52. The fourth-order valence-electron chi connectivity index (χ4n) is 4.65. The highest BCUT2D eigenvalue weighted by atomic mass is 32.2. The summed E-state index contributed by atoms with van der Waals surface area (Å²) in [5, 5.41) is 3.61. The molecule has 2 aromatic heterocycles. The number of rotatable bonds is 8. The highest BCUT2D eigenvalue weighted by Gasteiger charge is 2.36. The number of anilines is 1. The molecule has 194 valence electrons. The van der Waals surface area contributed by atoms with E-state index in [0.29, 0.717) is 16.4 Å². The van der Waals surface area contributed by atoms with Gasteiger partial charge in [0.15, 0.2) is 0 Å². The predicted molar refractivity (Wildman–Crippen MR) is 147 cm³/mol. The Balaban J connectivity index is 1.30. The van der Waals surface area contributed by atoms with E-state index in [9.17, 15) is 17.2 Å². The van der Waals surface area contributed by atoms with E-state index in [1.165, 1.54) is 15.6 Å². The molecule has 1 fully saturated rings. The van der Waals surface area contributed by atoms with E-state index in [1.54, 1.807) is 36.3 Å². The molecule has 1 saturated heterocycles. The van der Waals surface area contributed by atoms with Gasteiger partial charge in [-0.2, -0.15) is 0 Å². The molecule has 1 aromatic carbocycles. The monoisotopic (exact) mass is 566 g/mol. The van der Waals surface area contributed by atoms with Crippen molar-refractivity contribution < 1.29 is 17.2 Å². The number of piperazine rings is 1. The number of nitrogens with one attached hydrogen (secondary N) is 1. The minimum absolute atomic E-state index is 0.0850. The van der Waals surface area contributed by atoms with Crippen LogP contribution in [-0.4, -0.2) is 93.9 Å². The Kier molecular flexibility index (Phi) is 7.33. The second-order valence-corrected chi connectivity index (χ2v) is 14.9. The summed E-state index contributed by atoms with van der Waals surface area (Å²) >= 11 is 0.901. The first-order chi connectivity index (χ1) is 17.1. The van der Waals surface area contributed by atoms with Crippen molar-refractivity contribution in [2.24, 2.45) is 4.99 Å². The van der Waals surface area contributed by atoms with E-state index in [2.05, 4.69) is 16.8 Å². The number of hydrogen-bond acceptors (Lipinski definition) is 9. The van der Waals surface area contributed by atoms with Gasteiger partial charge in [-0.3, -0.25) is 23.3 Å². The molecule has 0 amide bonds. The summed E-state index contributed by atoms with van der Waals surface area (Å²) < 4.78 is 49.7. The second kappa shape index (κ2) is 10.2. The summed E-state index contributed by atoms with van der Waals surface area (Å²) in [6, 6.07) is 11.0. The number of para-hydroxylation sites is 1. The van der Waals surface area contributed by atoms with Gasteiger partial charge in [-0.25, -0.2) is 8.42 Å². The molecule has 0 saturated carbocycles. The quantitative estimate of drug-likeness (QED) is 0.417. The molecule has 0 bridgehead atoms. The van der Waals surface area contributed by atoms with Gasteiger partial charge in [-0.1, -0.05) is 30.0 Å². The van der Waals surface area contributed by atoms with Crippen molar-refractivity contribution in [2.45, 2.75) is 15.9 Å². The van der Waals surface area contributed by atoms with Crippen LogP contribution < -0.4 is 4.31 Å². The Morgan fingerprint density at radius 1 is 1.19 bits per heavy atom. The van der Waals surface area contributed by atoms with Crippen LogP contribution in [0.3, 0.4) is 0 Å². The topological polar surface area (TPSA) is 112 Å². The zero-order valence-electron chi connectivity index (χ0n) is 20.0. The predicted octanol–water partition coefficient (Wildman–Crippen LogP) is 2.76. The van der Waals surface area contributed by atoms with Gasteiger partial charge in [-0.05, 0) is 41.6 Å². The highest BCUT2D eigenvalue weighted by Crippen LogP contribution is 2.38. The smallest absolute Gasteiger partial charge is 0.273 e. The minimum Gasteiger partial charge on any atom is -0.771 e. The van der Waals surface area contributed by atoms with Crippen molar-refractivity contribution in [3.05, 3.63) is 47.5 Å². The van der Waals surface area contributed by atoms with Gasteiger partial charge in [0.2, 0.25) is 0 Å². The molecular weight excluding hydrogens is 539 g/mol. The highest BCUT2D eigenvalue weighted by molar-refractivity contribution is 8.15. The molecule has 0 radical (unpaired) electrons. The molecular formula is C23H28N5O4S4-. The van der Waals surface area contributed by atoms with E-state index in [-0.39, 0.29) is 10.6 Å². The molecule has 5 rings (SSSR count). The van der Waals surface area contributed by atoms with Crippen LogP contribution in [0.25, 0.3) is 10.9 Å². The number of hydrogen-bond donors (Lipinski definition) is 1. The van der Waals surface area contributed by atoms with Gasteiger partial charge < -0.3 is 9.54 Å². The molecule has 2 aliphatic rings. The summed E-state index contributed by atoms with van der Waals surface area (Å²) in [7, 11) is -2.06. The van der Waals surface area contributed by atoms with E-state index in [0.717, 1.165) is 54.4 Å².